The van der Waals surface area contributed by atoms with Crippen LogP contribution in [0.3, 0.4) is 0 Å². The highest BCUT2D eigenvalue weighted by atomic mass is 16.5. The number of aromatic nitrogens is 4. The molecule has 1 amide bonds. The summed E-state index contributed by atoms with van der Waals surface area (Å²) in [6.45, 7) is 12.5. The van der Waals surface area contributed by atoms with Crippen LogP contribution >= 0.6 is 0 Å². The smallest absolute Gasteiger partial charge is 0.219 e. The van der Waals surface area contributed by atoms with Gasteiger partial charge in [0, 0.05) is 55.3 Å². The molecule has 9 nitrogen and oxygen atoms in total. The molecule has 2 aromatic heterocycles. The zero-order valence-electron chi connectivity index (χ0n) is 25.8. The molecular weight excluding hydrogens is 574 g/mol. The van der Waals surface area contributed by atoms with Gasteiger partial charge in [0.05, 0.1) is 29.9 Å². The van der Waals surface area contributed by atoms with Crippen molar-refractivity contribution < 1.29 is 9.53 Å². The van der Waals surface area contributed by atoms with Gasteiger partial charge in [0.25, 0.3) is 0 Å². The Kier molecular flexibility index (Phi) is 9.30. The number of hydrogen-bond donors (Lipinski definition) is 3. The van der Waals surface area contributed by atoms with E-state index in [-0.39, 0.29) is 18.4 Å². The molecule has 1 unspecified atom stereocenters. The molecule has 0 aliphatic carbocycles. The number of H-pyrrole nitrogens is 1. The first-order valence-corrected chi connectivity index (χ1v) is 15.2. The molecule has 1 atom stereocenters. The van der Waals surface area contributed by atoms with Gasteiger partial charge in [-0.05, 0) is 97.6 Å². The fraction of sp³-hybridized carbons (Fsp3) is 0.162. The lowest BCUT2D eigenvalue weighted by Crippen LogP contribution is -2.26. The van der Waals surface area contributed by atoms with E-state index in [4.69, 9.17) is 15.5 Å². The average molecular weight is 612 g/mol. The summed E-state index contributed by atoms with van der Waals surface area (Å²) in [7, 11) is 1.67. The number of nitrogens with zero attached hydrogens (tertiary/aromatic N) is 4. The Morgan fingerprint density at radius 1 is 1.02 bits per heavy atom. The predicted molar refractivity (Wildman–Crippen MR) is 183 cm³/mol. The summed E-state index contributed by atoms with van der Waals surface area (Å²) in [5.41, 5.74) is 13.7. The number of primary amides is 1. The minimum absolute atomic E-state index is 0.162. The molecule has 0 aliphatic rings. The SMILES string of the molecule is [CH2][CH]N([CH][CH2])c1ccc(-c2nc3cc(C(CC(N)=O)NCc4ccc5[nH]ncc5c4)ccc3n2CCc2ccc(OC)cc2)cc1. The van der Waals surface area contributed by atoms with Crippen LogP contribution in [-0.4, -0.2) is 32.8 Å². The quantitative estimate of drug-likeness (QED) is 0.133. The first kappa shape index (κ1) is 30.9. The number of carbonyl (C=O) groups excluding carboxylic acids is 1. The van der Waals surface area contributed by atoms with Crippen molar-refractivity contribution in [1.82, 2.24) is 25.1 Å². The number of methoxy groups -OCH3 is 1. The van der Waals surface area contributed by atoms with Crippen molar-refractivity contribution in [2.75, 3.05) is 12.0 Å². The number of nitrogens with two attached hydrogens (primary N) is 1. The monoisotopic (exact) mass is 611 g/mol. The maximum Gasteiger partial charge on any atom is 0.219 e. The Labute approximate surface area is 269 Å². The Morgan fingerprint density at radius 2 is 1.78 bits per heavy atom. The lowest BCUT2D eigenvalue weighted by atomic mass is 10.0. The molecule has 0 saturated heterocycles. The number of imidazole rings is 1. The molecule has 9 heteroatoms. The summed E-state index contributed by atoms with van der Waals surface area (Å²) in [5, 5.41) is 11.7. The van der Waals surface area contributed by atoms with Crippen molar-refractivity contribution in [1.29, 1.82) is 0 Å². The first-order valence-electron chi connectivity index (χ1n) is 15.2. The predicted octanol–water partition coefficient (Wildman–Crippen LogP) is 6.34. The third kappa shape index (κ3) is 6.74. The van der Waals surface area contributed by atoms with Crippen LogP contribution in [0, 0.1) is 26.9 Å². The second-order valence-corrected chi connectivity index (χ2v) is 11.1. The lowest BCUT2D eigenvalue weighted by molar-refractivity contribution is -0.118. The van der Waals surface area contributed by atoms with Crippen molar-refractivity contribution >= 4 is 33.5 Å². The number of nitrogens with one attached hydrogen (secondary N) is 2. The van der Waals surface area contributed by atoms with Gasteiger partial charge in [-0.3, -0.25) is 9.89 Å². The fourth-order valence-electron chi connectivity index (χ4n) is 5.76. The Bertz CT molecular complexity index is 1920. The zero-order valence-corrected chi connectivity index (χ0v) is 25.8. The van der Waals surface area contributed by atoms with E-state index in [0.717, 1.165) is 68.9 Å². The number of benzene rings is 4. The molecule has 4 N–H and O–H groups in total. The zero-order chi connectivity index (χ0) is 32.0. The van der Waals surface area contributed by atoms with Crippen molar-refractivity contribution in [3.05, 3.63) is 135 Å². The van der Waals surface area contributed by atoms with E-state index in [1.807, 2.05) is 41.3 Å². The molecule has 232 valence electrons. The van der Waals surface area contributed by atoms with Crippen molar-refractivity contribution in [3.8, 4) is 17.1 Å². The van der Waals surface area contributed by atoms with Crippen molar-refractivity contribution in [3.63, 3.8) is 0 Å². The van der Waals surface area contributed by atoms with Gasteiger partial charge in [-0.15, -0.1) is 0 Å². The summed E-state index contributed by atoms with van der Waals surface area (Å²) < 4.78 is 7.60. The molecule has 0 aliphatic heterocycles. The number of amides is 1. The second kappa shape index (κ2) is 13.9. The number of aromatic amines is 1. The number of fused-ring (bicyclic) bond motifs is 2. The Balaban J connectivity index is 1.33. The number of rotatable bonds is 14. The summed E-state index contributed by atoms with van der Waals surface area (Å²) in [6, 6.07) is 28.4. The van der Waals surface area contributed by atoms with Crippen LogP contribution in [0.25, 0.3) is 33.3 Å². The number of hydrogen-bond acceptors (Lipinski definition) is 6. The van der Waals surface area contributed by atoms with Crippen LogP contribution in [0.5, 0.6) is 5.75 Å². The maximum atomic E-state index is 12.1. The van der Waals surface area contributed by atoms with Crippen LogP contribution < -0.4 is 20.7 Å². The topological polar surface area (TPSA) is 114 Å². The molecule has 6 rings (SSSR count). The first-order chi connectivity index (χ1) is 22.4. The van der Waals surface area contributed by atoms with Gasteiger partial charge < -0.3 is 25.3 Å². The largest absolute Gasteiger partial charge is 0.497 e. The normalized spacial score (nSPS) is 12.1. The second-order valence-electron chi connectivity index (χ2n) is 11.1. The van der Waals surface area contributed by atoms with E-state index >= 15 is 0 Å². The van der Waals surface area contributed by atoms with Gasteiger partial charge in [-0.2, -0.15) is 5.10 Å². The van der Waals surface area contributed by atoms with Gasteiger partial charge in [-0.1, -0.05) is 24.3 Å². The third-order valence-electron chi connectivity index (χ3n) is 8.24. The average Bonchev–Trinajstić information content (AvgIpc) is 3.70. The summed E-state index contributed by atoms with van der Waals surface area (Å²) >= 11 is 0. The van der Waals surface area contributed by atoms with Crippen molar-refractivity contribution in [2.24, 2.45) is 5.73 Å². The van der Waals surface area contributed by atoms with Gasteiger partial charge in [0.2, 0.25) is 5.91 Å². The maximum absolute atomic E-state index is 12.1. The number of ether oxygens (including phenoxy) is 1. The van der Waals surface area contributed by atoms with E-state index in [0.29, 0.717) is 6.54 Å². The Morgan fingerprint density at radius 3 is 2.50 bits per heavy atom. The number of aryl methyl sites for hydroxylation is 2. The van der Waals surface area contributed by atoms with Crippen molar-refractivity contribution in [2.45, 2.75) is 32.0 Å². The summed E-state index contributed by atoms with van der Waals surface area (Å²) in [5.74, 6) is 1.32. The molecule has 4 radical (unpaired) electrons. The highest BCUT2D eigenvalue weighted by Crippen LogP contribution is 2.30. The lowest BCUT2D eigenvalue weighted by Gasteiger charge is -2.20. The van der Waals surface area contributed by atoms with E-state index in [1.165, 1.54) is 5.56 Å². The highest BCUT2D eigenvalue weighted by molar-refractivity contribution is 5.82. The molecule has 46 heavy (non-hydrogen) atoms. The molecule has 0 saturated carbocycles. The summed E-state index contributed by atoms with van der Waals surface area (Å²) in [6.07, 6.45) is 2.78. The molecule has 6 aromatic rings. The standard InChI is InChI=1S/C37H37N7O2/c1-4-43(5-2)30-12-9-27(10-13-30)37-41-34-21-28(11-17-35(34)44(37)19-18-25-6-14-31(46-3)15-7-25)33(22-36(38)45)39-23-26-8-16-32-29(20-26)24-40-42-32/h4-17,20-21,24,33,39H,1-2,18-19,22-23H2,3H3,(H2,38,45)(H,40,42). The molecule has 0 spiro atoms. The molecule has 4 aromatic carbocycles. The van der Waals surface area contributed by atoms with E-state index in [1.54, 1.807) is 26.4 Å². The fourth-order valence-corrected chi connectivity index (χ4v) is 5.76. The summed E-state index contributed by atoms with van der Waals surface area (Å²) in [4.78, 5) is 19.2. The van der Waals surface area contributed by atoms with Gasteiger partial charge in [0.15, 0.2) is 0 Å². The molecular formula is C37H37N7O2. The number of anilines is 1. The van der Waals surface area contributed by atoms with E-state index < -0.39 is 0 Å². The van der Waals surface area contributed by atoms with Gasteiger partial charge in [-0.25, -0.2) is 4.98 Å². The van der Waals surface area contributed by atoms with Gasteiger partial charge in [0.1, 0.15) is 11.6 Å². The van der Waals surface area contributed by atoms with Crippen LogP contribution in [0.2, 0.25) is 0 Å². The van der Waals surface area contributed by atoms with Gasteiger partial charge >= 0.3 is 0 Å². The Hall–Kier alpha value is -5.15. The molecule has 2 heterocycles. The third-order valence-corrected chi connectivity index (χ3v) is 8.24. The van der Waals surface area contributed by atoms with Crippen LogP contribution in [0.4, 0.5) is 5.69 Å². The minimum Gasteiger partial charge on any atom is -0.497 e. The minimum atomic E-state index is -0.373. The van der Waals surface area contributed by atoms with Crippen LogP contribution in [0.1, 0.15) is 29.2 Å². The van der Waals surface area contributed by atoms with Crippen LogP contribution in [-0.2, 0) is 24.3 Å². The van der Waals surface area contributed by atoms with E-state index in [2.05, 4.69) is 82.5 Å². The highest BCUT2D eigenvalue weighted by Gasteiger charge is 2.19. The molecule has 0 bridgehead atoms. The van der Waals surface area contributed by atoms with Crippen LogP contribution in [0.15, 0.2) is 91.1 Å². The number of carbonyl (C=O) groups is 1. The van der Waals surface area contributed by atoms with E-state index in [9.17, 15) is 4.79 Å². The molecule has 0 fully saturated rings.